The molecule has 1 N–H and O–H groups in total. The molecular formula is C30H27N5OS. The second kappa shape index (κ2) is 9.67. The van der Waals surface area contributed by atoms with Gasteiger partial charge in [0.2, 0.25) is 0 Å². The van der Waals surface area contributed by atoms with Gasteiger partial charge < -0.3 is 14.8 Å². The van der Waals surface area contributed by atoms with Gasteiger partial charge in [-0.3, -0.25) is 0 Å². The molecule has 2 amide bonds. The molecule has 0 unspecified atom stereocenters. The number of carbonyl (C=O) groups is 1. The Morgan fingerprint density at radius 3 is 2.32 bits per heavy atom. The lowest BCUT2D eigenvalue weighted by Crippen LogP contribution is -2.38. The number of carbonyl (C=O) groups excluding carboxylic acids is 1. The van der Waals surface area contributed by atoms with Crippen molar-refractivity contribution in [2.24, 2.45) is 0 Å². The molecule has 0 spiro atoms. The zero-order valence-corrected chi connectivity index (χ0v) is 21.5. The van der Waals surface area contributed by atoms with E-state index in [0.29, 0.717) is 6.54 Å². The van der Waals surface area contributed by atoms with Crippen LogP contribution in [0.5, 0.6) is 0 Å². The number of anilines is 1. The Morgan fingerprint density at radius 2 is 1.62 bits per heavy atom. The quantitative estimate of drug-likeness (QED) is 0.272. The van der Waals surface area contributed by atoms with Crippen LogP contribution in [0.25, 0.3) is 11.5 Å². The molecule has 5 aromatic rings. The third-order valence-corrected chi connectivity index (χ3v) is 7.55. The Morgan fingerprint density at radius 1 is 0.919 bits per heavy atom. The third-order valence-electron chi connectivity index (χ3n) is 6.80. The van der Waals surface area contributed by atoms with Gasteiger partial charge in [-0.15, -0.1) is 11.8 Å². The number of amides is 2. The first-order chi connectivity index (χ1) is 18.1. The van der Waals surface area contributed by atoms with Crippen LogP contribution in [0, 0.1) is 6.92 Å². The number of hydrogen-bond donors (Lipinski definition) is 1. The standard InChI is InChI=1S/C30H27N5OS/c1-21-26-20-34(30(36)31-23-10-5-3-6-11-23)28(22-15-17-25(37-2)18-16-22)27-14-9-19-33(27)29(26)35(32-21)24-12-7-4-8-13-24/h3-19,28H,20H2,1-2H3,(H,31,36)/t28-/m1/s1. The summed E-state index contributed by atoms with van der Waals surface area (Å²) in [4.78, 5) is 17.0. The maximum Gasteiger partial charge on any atom is 0.322 e. The van der Waals surface area contributed by atoms with Crippen LogP contribution in [0.15, 0.2) is 108 Å². The first-order valence-electron chi connectivity index (χ1n) is 12.2. The highest BCUT2D eigenvalue weighted by Crippen LogP contribution is 2.39. The van der Waals surface area contributed by atoms with E-state index in [1.165, 1.54) is 4.90 Å². The Kier molecular flexibility index (Phi) is 6.06. The third kappa shape index (κ3) is 4.21. The van der Waals surface area contributed by atoms with Crippen molar-refractivity contribution in [3.05, 3.63) is 126 Å². The normalized spacial score (nSPS) is 14.5. The molecule has 2 aromatic heterocycles. The number of thioether (sulfide) groups is 1. The number of para-hydroxylation sites is 2. The van der Waals surface area contributed by atoms with Crippen molar-refractivity contribution in [2.75, 3.05) is 11.6 Å². The second-order valence-electron chi connectivity index (χ2n) is 9.04. The van der Waals surface area contributed by atoms with E-state index in [1.54, 1.807) is 11.8 Å². The molecule has 1 atom stereocenters. The van der Waals surface area contributed by atoms with E-state index in [-0.39, 0.29) is 12.1 Å². The van der Waals surface area contributed by atoms with Crippen LogP contribution in [0.4, 0.5) is 10.5 Å². The molecule has 1 aliphatic heterocycles. The lowest BCUT2D eigenvalue weighted by atomic mass is 10.0. The van der Waals surface area contributed by atoms with Gasteiger partial charge in [-0.25, -0.2) is 9.48 Å². The molecule has 0 saturated carbocycles. The summed E-state index contributed by atoms with van der Waals surface area (Å²) in [5, 5.41) is 8.04. The molecule has 37 heavy (non-hydrogen) atoms. The number of rotatable bonds is 4. The molecule has 0 bridgehead atoms. The molecule has 1 aliphatic rings. The molecule has 184 valence electrons. The van der Waals surface area contributed by atoms with Gasteiger partial charge in [-0.1, -0.05) is 48.5 Å². The number of urea groups is 1. The number of nitrogens with one attached hydrogen (secondary N) is 1. The monoisotopic (exact) mass is 505 g/mol. The van der Waals surface area contributed by atoms with Crippen LogP contribution in [0.2, 0.25) is 0 Å². The molecule has 7 heteroatoms. The lowest BCUT2D eigenvalue weighted by molar-refractivity contribution is 0.194. The summed E-state index contributed by atoms with van der Waals surface area (Å²) in [6.07, 6.45) is 4.14. The predicted molar refractivity (Wildman–Crippen MR) is 149 cm³/mol. The largest absolute Gasteiger partial charge is 0.322 e. The highest BCUT2D eigenvalue weighted by atomic mass is 32.2. The van der Waals surface area contributed by atoms with Crippen LogP contribution in [0.3, 0.4) is 0 Å². The van der Waals surface area contributed by atoms with Crippen molar-refractivity contribution in [2.45, 2.75) is 24.4 Å². The molecule has 0 radical (unpaired) electrons. The minimum absolute atomic E-state index is 0.155. The minimum atomic E-state index is -0.286. The van der Waals surface area contributed by atoms with Crippen molar-refractivity contribution in [1.82, 2.24) is 19.2 Å². The van der Waals surface area contributed by atoms with Crippen molar-refractivity contribution in [1.29, 1.82) is 0 Å². The van der Waals surface area contributed by atoms with Gasteiger partial charge in [0.1, 0.15) is 5.82 Å². The van der Waals surface area contributed by atoms with Crippen LogP contribution >= 0.6 is 11.8 Å². The number of benzene rings is 3. The van der Waals surface area contributed by atoms with Gasteiger partial charge in [-0.05, 0) is 67.3 Å². The van der Waals surface area contributed by atoms with Crippen molar-refractivity contribution in [3.63, 3.8) is 0 Å². The van der Waals surface area contributed by atoms with Crippen LogP contribution < -0.4 is 5.32 Å². The van der Waals surface area contributed by atoms with Gasteiger partial charge in [0.05, 0.1) is 29.7 Å². The average Bonchev–Trinajstić information content (AvgIpc) is 3.50. The summed E-state index contributed by atoms with van der Waals surface area (Å²) < 4.78 is 4.17. The molecule has 6 nitrogen and oxygen atoms in total. The fraction of sp³-hybridized carbons (Fsp3) is 0.133. The maximum absolute atomic E-state index is 13.9. The SMILES string of the molecule is CSc1ccc([C@@H]2c3cccn3-c3c(c(C)nn3-c3ccccc3)CN2C(=O)Nc2ccccc2)cc1. The van der Waals surface area contributed by atoms with E-state index in [1.807, 2.05) is 71.1 Å². The van der Waals surface area contributed by atoms with E-state index >= 15 is 0 Å². The van der Waals surface area contributed by atoms with E-state index in [9.17, 15) is 4.79 Å². The van der Waals surface area contributed by atoms with E-state index in [0.717, 1.165) is 39.7 Å². The van der Waals surface area contributed by atoms with Crippen molar-refractivity contribution >= 4 is 23.5 Å². The van der Waals surface area contributed by atoms with E-state index in [4.69, 9.17) is 5.10 Å². The van der Waals surface area contributed by atoms with Crippen LogP contribution in [-0.2, 0) is 6.54 Å². The minimum Gasteiger partial charge on any atom is -0.308 e. The summed E-state index contributed by atoms with van der Waals surface area (Å²) in [6, 6.07) is 31.9. The molecule has 0 aliphatic carbocycles. The number of aryl methyl sites for hydroxylation is 1. The number of fused-ring (bicyclic) bond motifs is 3. The summed E-state index contributed by atoms with van der Waals surface area (Å²) >= 11 is 1.71. The number of aromatic nitrogens is 3. The Balaban J connectivity index is 1.53. The maximum atomic E-state index is 13.9. The fourth-order valence-corrected chi connectivity index (χ4v) is 5.41. The first-order valence-corrected chi connectivity index (χ1v) is 13.4. The predicted octanol–water partition coefficient (Wildman–Crippen LogP) is 6.83. The molecule has 3 heterocycles. The molecule has 3 aromatic carbocycles. The number of hydrogen-bond acceptors (Lipinski definition) is 3. The van der Waals surface area contributed by atoms with Gasteiger partial charge >= 0.3 is 6.03 Å². The lowest BCUT2D eigenvalue weighted by Gasteiger charge is -2.31. The van der Waals surface area contributed by atoms with Crippen LogP contribution in [-0.4, -0.2) is 31.5 Å². The van der Waals surface area contributed by atoms with Gasteiger partial charge in [-0.2, -0.15) is 5.10 Å². The average molecular weight is 506 g/mol. The topological polar surface area (TPSA) is 55.1 Å². The van der Waals surface area contributed by atoms with E-state index < -0.39 is 0 Å². The Labute approximate surface area is 220 Å². The van der Waals surface area contributed by atoms with Gasteiger partial charge in [0, 0.05) is 22.3 Å². The summed E-state index contributed by atoms with van der Waals surface area (Å²) in [5.74, 6) is 0.962. The van der Waals surface area contributed by atoms with Gasteiger partial charge in [0.15, 0.2) is 0 Å². The molecule has 6 rings (SSSR count). The summed E-state index contributed by atoms with van der Waals surface area (Å²) in [5.41, 5.74) is 5.73. The van der Waals surface area contributed by atoms with E-state index in [2.05, 4.69) is 64.8 Å². The van der Waals surface area contributed by atoms with Crippen LogP contribution in [0.1, 0.15) is 28.6 Å². The fourth-order valence-electron chi connectivity index (χ4n) is 5.00. The first kappa shape index (κ1) is 23.2. The van der Waals surface area contributed by atoms with Crippen molar-refractivity contribution < 1.29 is 4.79 Å². The molecular weight excluding hydrogens is 478 g/mol. The summed E-state index contributed by atoms with van der Waals surface area (Å²) in [6.45, 7) is 2.44. The highest BCUT2D eigenvalue weighted by molar-refractivity contribution is 7.98. The zero-order chi connectivity index (χ0) is 25.4. The smallest absolute Gasteiger partial charge is 0.308 e. The second-order valence-corrected chi connectivity index (χ2v) is 9.92. The molecule has 0 fully saturated rings. The zero-order valence-electron chi connectivity index (χ0n) is 20.7. The van der Waals surface area contributed by atoms with Gasteiger partial charge in [0.25, 0.3) is 0 Å². The Bertz CT molecular complexity index is 1540. The highest BCUT2D eigenvalue weighted by Gasteiger charge is 2.36. The number of nitrogens with zero attached hydrogens (tertiary/aromatic N) is 4. The van der Waals surface area contributed by atoms with Crippen molar-refractivity contribution in [3.8, 4) is 11.5 Å². The molecule has 0 saturated heterocycles. The Hall–Kier alpha value is -4.23. The summed E-state index contributed by atoms with van der Waals surface area (Å²) in [7, 11) is 0.